The third-order valence-corrected chi connectivity index (χ3v) is 6.12. The van der Waals surface area contributed by atoms with E-state index < -0.39 is 0 Å². The summed E-state index contributed by atoms with van der Waals surface area (Å²) in [7, 11) is 0. The topological polar surface area (TPSA) is 75.0 Å². The third-order valence-electron chi connectivity index (χ3n) is 5.87. The number of ether oxygens (including phenoxy) is 1. The number of hydrogen-bond acceptors (Lipinski definition) is 4. The maximum atomic E-state index is 13.5. The minimum absolute atomic E-state index is 0.0776. The number of furan rings is 1. The van der Waals surface area contributed by atoms with Gasteiger partial charge >= 0.3 is 6.03 Å². The van der Waals surface area contributed by atoms with Crippen LogP contribution in [-0.2, 0) is 22.6 Å². The molecule has 1 aromatic heterocycles. The summed E-state index contributed by atoms with van der Waals surface area (Å²) in [6, 6.07) is 20.1. The lowest BCUT2D eigenvalue weighted by Gasteiger charge is -2.29. The van der Waals surface area contributed by atoms with E-state index in [-0.39, 0.29) is 24.6 Å². The van der Waals surface area contributed by atoms with Crippen LogP contribution in [0.1, 0.15) is 29.9 Å². The lowest BCUT2D eigenvalue weighted by Crippen LogP contribution is -2.46. The summed E-state index contributed by atoms with van der Waals surface area (Å²) in [5.41, 5.74) is 1.61. The van der Waals surface area contributed by atoms with Gasteiger partial charge in [-0.3, -0.25) is 4.79 Å². The average Bonchev–Trinajstić information content (AvgIpc) is 3.52. The Bertz CT molecular complexity index is 1110. The molecule has 0 bridgehead atoms. The summed E-state index contributed by atoms with van der Waals surface area (Å²) in [6.07, 6.45) is 1.72. The van der Waals surface area contributed by atoms with Gasteiger partial charge in [-0.15, -0.1) is 0 Å². The summed E-state index contributed by atoms with van der Waals surface area (Å²) < 4.78 is 11.5. The van der Waals surface area contributed by atoms with Gasteiger partial charge in [-0.1, -0.05) is 41.9 Å². The van der Waals surface area contributed by atoms with Crippen LogP contribution in [0.2, 0.25) is 5.02 Å². The molecule has 0 radical (unpaired) electrons. The van der Waals surface area contributed by atoms with E-state index in [0.717, 1.165) is 24.2 Å². The number of benzene rings is 2. The Morgan fingerprint density at radius 3 is 2.43 bits per heavy atom. The van der Waals surface area contributed by atoms with E-state index in [9.17, 15) is 9.59 Å². The van der Waals surface area contributed by atoms with Crippen molar-refractivity contribution < 1.29 is 18.7 Å². The van der Waals surface area contributed by atoms with Gasteiger partial charge in [0.15, 0.2) is 0 Å². The predicted molar refractivity (Wildman–Crippen MR) is 135 cm³/mol. The third kappa shape index (κ3) is 7.34. The second-order valence-corrected chi connectivity index (χ2v) is 9.14. The number of amides is 3. The number of rotatable bonds is 9. The lowest BCUT2D eigenvalue weighted by molar-refractivity contribution is -0.133. The number of carbonyl (C=O) groups excluding carboxylic acids is 2. The highest BCUT2D eigenvalue weighted by Crippen LogP contribution is 2.18. The molecule has 0 saturated carbocycles. The molecule has 1 aliphatic rings. The van der Waals surface area contributed by atoms with E-state index in [1.807, 2.05) is 49.4 Å². The van der Waals surface area contributed by atoms with Crippen molar-refractivity contribution in [3.63, 3.8) is 0 Å². The van der Waals surface area contributed by atoms with Crippen LogP contribution in [0.4, 0.5) is 10.5 Å². The molecule has 7 nitrogen and oxygen atoms in total. The van der Waals surface area contributed by atoms with Gasteiger partial charge in [0, 0.05) is 30.4 Å². The first-order valence-corrected chi connectivity index (χ1v) is 12.1. The minimum Gasteiger partial charge on any atom is -0.464 e. The Balaban J connectivity index is 1.50. The number of carbonyl (C=O) groups is 2. The quantitative estimate of drug-likeness (QED) is 0.426. The zero-order valence-electron chi connectivity index (χ0n) is 19.8. The van der Waals surface area contributed by atoms with Crippen molar-refractivity contribution in [3.8, 4) is 0 Å². The molecule has 1 aliphatic heterocycles. The van der Waals surface area contributed by atoms with Crippen molar-refractivity contribution in [1.82, 2.24) is 9.80 Å². The highest BCUT2D eigenvalue weighted by atomic mass is 35.5. The second kappa shape index (κ2) is 11.9. The maximum Gasteiger partial charge on any atom is 0.322 e. The van der Waals surface area contributed by atoms with Gasteiger partial charge in [-0.2, -0.15) is 0 Å². The van der Waals surface area contributed by atoms with Crippen molar-refractivity contribution in [1.29, 1.82) is 0 Å². The number of anilines is 1. The Hall–Kier alpha value is -3.29. The highest BCUT2D eigenvalue weighted by Gasteiger charge is 2.27. The van der Waals surface area contributed by atoms with E-state index in [1.165, 1.54) is 4.90 Å². The smallest absolute Gasteiger partial charge is 0.322 e. The standard InChI is InChI=1S/C27H30ClN3O4/c1-20-9-14-25(35-20)18-30(16-21-6-3-2-4-7-21)26(32)19-31(17-24-8-5-15-34-24)27(33)29-23-12-10-22(28)11-13-23/h2-4,6-7,9-14,24H,5,8,15-19H2,1H3,(H,29,33). The summed E-state index contributed by atoms with van der Waals surface area (Å²) in [5.74, 6) is 1.31. The van der Waals surface area contributed by atoms with Crippen molar-refractivity contribution >= 4 is 29.2 Å². The molecule has 3 amide bonds. The average molecular weight is 496 g/mol. The molecule has 1 atom stereocenters. The second-order valence-electron chi connectivity index (χ2n) is 8.70. The Morgan fingerprint density at radius 2 is 1.77 bits per heavy atom. The molecule has 2 aromatic carbocycles. The van der Waals surface area contributed by atoms with Crippen molar-refractivity contribution in [3.05, 3.63) is 88.8 Å². The molecular formula is C27H30ClN3O4. The summed E-state index contributed by atoms with van der Waals surface area (Å²) >= 11 is 5.96. The molecule has 3 aromatic rings. The van der Waals surface area contributed by atoms with Gasteiger partial charge < -0.3 is 24.3 Å². The van der Waals surface area contributed by atoms with Crippen molar-refractivity contribution in [2.75, 3.05) is 25.0 Å². The van der Waals surface area contributed by atoms with Gasteiger partial charge in [0.2, 0.25) is 5.91 Å². The molecule has 1 fully saturated rings. The zero-order chi connectivity index (χ0) is 24.6. The van der Waals surface area contributed by atoms with Gasteiger partial charge in [0.25, 0.3) is 0 Å². The van der Waals surface area contributed by atoms with Gasteiger partial charge in [-0.05, 0) is 61.7 Å². The number of halogens is 1. The zero-order valence-corrected chi connectivity index (χ0v) is 20.5. The first-order chi connectivity index (χ1) is 17.0. The summed E-state index contributed by atoms with van der Waals surface area (Å²) in [6.45, 7) is 3.52. The molecule has 0 aliphatic carbocycles. The van der Waals surface area contributed by atoms with Crippen LogP contribution >= 0.6 is 11.6 Å². The van der Waals surface area contributed by atoms with Crippen LogP contribution in [0.3, 0.4) is 0 Å². The molecule has 4 rings (SSSR count). The summed E-state index contributed by atoms with van der Waals surface area (Å²) in [4.78, 5) is 30.0. The number of nitrogens with one attached hydrogen (secondary N) is 1. The first kappa shape index (κ1) is 24.8. The van der Waals surface area contributed by atoms with Gasteiger partial charge in [0.1, 0.15) is 18.1 Å². The molecule has 35 heavy (non-hydrogen) atoms. The molecule has 0 spiro atoms. The number of nitrogens with zero attached hydrogens (tertiary/aromatic N) is 2. The largest absolute Gasteiger partial charge is 0.464 e. The van der Waals surface area contributed by atoms with E-state index >= 15 is 0 Å². The molecule has 1 saturated heterocycles. The molecular weight excluding hydrogens is 466 g/mol. The van der Waals surface area contributed by atoms with Crippen LogP contribution in [0.15, 0.2) is 71.1 Å². The predicted octanol–water partition coefficient (Wildman–Crippen LogP) is 5.48. The first-order valence-electron chi connectivity index (χ1n) is 11.8. The van der Waals surface area contributed by atoms with Crippen molar-refractivity contribution in [2.24, 2.45) is 0 Å². The SMILES string of the molecule is Cc1ccc(CN(Cc2ccccc2)C(=O)CN(CC2CCCO2)C(=O)Nc2ccc(Cl)cc2)o1. The monoisotopic (exact) mass is 495 g/mol. The fourth-order valence-corrected chi connectivity index (χ4v) is 4.17. The van der Waals surface area contributed by atoms with Crippen LogP contribution in [-0.4, -0.2) is 47.5 Å². The highest BCUT2D eigenvalue weighted by molar-refractivity contribution is 6.30. The molecule has 8 heteroatoms. The Kier molecular flexibility index (Phi) is 8.45. The van der Waals surface area contributed by atoms with E-state index in [2.05, 4.69) is 5.32 Å². The maximum absolute atomic E-state index is 13.5. The number of aryl methyl sites for hydroxylation is 1. The van der Waals surface area contributed by atoms with Crippen molar-refractivity contribution in [2.45, 2.75) is 39.0 Å². The van der Waals surface area contributed by atoms with Gasteiger partial charge in [-0.25, -0.2) is 4.79 Å². The Morgan fingerprint density at radius 1 is 1.00 bits per heavy atom. The van der Waals surface area contributed by atoms with E-state index in [1.54, 1.807) is 29.2 Å². The Labute approximate surface area is 210 Å². The normalized spacial score (nSPS) is 15.1. The summed E-state index contributed by atoms with van der Waals surface area (Å²) in [5, 5.41) is 3.46. The number of hydrogen-bond donors (Lipinski definition) is 1. The van der Waals surface area contributed by atoms with E-state index in [4.69, 9.17) is 20.8 Å². The fraction of sp³-hybridized carbons (Fsp3) is 0.333. The number of urea groups is 1. The lowest BCUT2D eigenvalue weighted by atomic mass is 10.2. The molecule has 1 N–H and O–H groups in total. The van der Waals surface area contributed by atoms with Crippen LogP contribution < -0.4 is 5.32 Å². The van der Waals surface area contributed by atoms with Crippen LogP contribution in [0.25, 0.3) is 0 Å². The van der Waals surface area contributed by atoms with Crippen LogP contribution in [0, 0.1) is 6.92 Å². The molecule has 184 valence electrons. The molecule has 2 heterocycles. The van der Waals surface area contributed by atoms with E-state index in [0.29, 0.717) is 42.7 Å². The molecule has 1 unspecified atom stereocenters. The van der Waals surface area contributed by atoms with Gasteiger partial charge in [0.05, 0.1) is 12.6 Å². The fourth-order valence-electron chi connectivity index (χ4n) is 4.05. The van der Waals surface area contributed by atoms with Crippen LogP contribution in [0.5, 0.6) is 0 Å². The minimum atomic E-state index is -0.357.